The number of alkyl carbamates (subject to hydrolysis) is 1. The number of anilines is 1. The molecule has 1 N–H and O–H groups in total. The molecule has 0 bridgehead atoms. The van der Waals surface area contributed by atoms with Crippen molar-refractivity contribution < 1.29 is 9.53 Å². The lowest BCUT2D eigenvalue weighted by atomic mass is 10.2. The van der Waals surface area contributed by atoms with E-state index in [1.807, 2.05) is 32.9 Å². The van der Waals surface area contributed by atoms with Gasteiger partial charge in [0.15, 0.2) is 0 Å². The van der Waals surface area contributed by atoms with Crippen LogP contribution < -0.4 is 10.2 Å². The molecule has 0 radical (unpaired) electrons. The molecule has 0 aromatic carbocycles. The lowest BCUT2D eigenvalue weighted by Crippen LogP contribution is -2.40. The maximum absolute atomic E-state index is 11.7. The van der Waals surface area contributed by atoms with Crippen LogP contribution in [0, 0.1) is 0 Å². The van der Waals surface area contributed by atoms with Crippen LogP contribution in [0.2, 0.25) is 5.15 Å². The normalized spacial score (nSPS) is 19.0. The maximum Gasteiger partial charge on any atom is 0.407 e. The molecule has 1 atom stereocenters. The molecule has 0 aliphatic carbocycles. The number of rotatable bonds is 2. The quantitative estimate of drug-likeness (QED) is 0.853. The first-order valence-electron chi connectivity index (χ1n) is 6.69. The predicted octanol–water partition coefficient (Wildman–Crippen LogP) is 2.84. The molecule has 2 rings (SSSR count). The second-order valence-electron chi connectivity index (χ2n) is 5.91. The molecule has 1 aromatic heterocycles. The molecular weight excluding hydrogens is 278 g/mol. The second kappa shape index (κ2) is 5.87. The number of carbonyl (C=O) groups is 1. The molecular formula is C14H20ClN3O2. The minimum atomic E-state index is -0.471. The van der Waals surface area contributed by atoms with Crippen LogP contribution in [0.4, 0.5) is 10.5 Å². The number of nitrogens with one attached hydrogen (secondary N) is 1. The van der Waals surface area contributed by atoms with E-state index < -0.39 is 5.60 Å². The van der Waals surface area contributed by atoms with Gasteiger partial charge in [0.2, 0.25) is 0 Å². The van der Waals surface area contributed by atoms with E-state index in [0.717, 1.165) is 25.2 Å². The minimum Gasteiger partial charge on any atom is -0.444 e. The molecule has 110 valence electrons. The summed E-state index contributed by atoms with van der Waals surface area (Å²) >= 11 is 5.89. The number of pyridine rings is 1. The molecule has 1 aliphatic heterocycles. The fourth-order valence-electron chi connectivity index (χ4n) is 2.18. The summed E-state index contributed by atoms with van der Waals surface area (Å²) in [5.41, 5.74) is 0.555. The number of ether oxygens (including phenoxy) is 1. The highest BCUT2D eigenvalue weighted by Gasteiger charge is 2.26. The van der Waals surface area contributed by atoms with Gasteiger partial charge in [-0.25, -0.2) is 9.78 Å². The fraction of sp³-hybridized carbons (Fsp3) is 0.571. The molecule has 1 amide bonds. The number of carbonyl (C=O) groups excluding carboxylic acids is 1. The van der Waals surface area contributed by atoms with Crippen LogP contribution >= 0.6 is 11.6 Å². The van der Waals surface area contributed by atoms with Gasteiger partial charge in [0, 0.05) is 25.0 Å². The highest BCUT2D eigenvalue weighted by Crippen LogP contribution is 2.22. The van der Waals surface area contributed by atoms with Crippen molar-refractivity contribution in [3.63, 3.8) is 0 Å². The monoisotopic (exact) mass is 297 g/mol. The Labute approximate surface area is 124 Å². The Morgan fingerprint density at radius 3 is 2.95 bits per heavy atom. The van der Waals surface area contributed by atoms with Gasteiger partial charge in [-0.05, 0) is 39.3 Å². The Bertz CT molecular complexity index is 488. The van der Waals surface area contributed by atoms with E-state index in [9.17, 15) is 4.79 Å². The molecule has 20 heavy (non-hydrogen) atoms. The van der Waals surface area contributed by atoms with Gasteiger partial charge >= 0.3 is 6.09 Å². The van der Waals surface area contributed by atoms with Gasteiger partial charge in [-0.3, -0.25) is 0 Å². The smallest absolute Gasteiger partial charge is 0.407 e. The highest BCUT2D eigenvalue weighted by atomic mass is 35.5. The molecule has 0 saturated carbocycles. The first-order chi connectivity index (χ1) is 9.33. The third-order valence-corrected chi connectivity index (χ3v) is 3.19. The Kier molecular flexibility index (Phi) is 4.38. The van der Waals surface area contributed by atoms with Crippen molar-refractivity contribution in [1.82, 2.24) is 10.3 Å². The van der Waals surface area contributed by atoms with Gasteiger partial charge in [-0.2, -0.15) is 0 Å². The molecule has 1 aliphatic rings. The summed E-state index contributed by atoms with van der Waals surface area (Å²) in [5, 5.41) is 3.38. The molecule has 0 spiro atoms. The van der Waals surface area contributed by atoms with E-state index >= 15 is 0 Å². The van der Waals surface area contributed by atoms with Crippen LogP contribution in [0.15, 0.2) is 18.3 Å². The largest absolute Gasteiger partial charge is 0.444 e. The van der Waals surface area contributed by atoms with E-state index in [4.69, 9.17) is 16.3 Å². The van der Waals surface area contributed by atoms with Crippen molar-refractivity contribution in [3.8, 4) is 0 Å². The Hall–Kier alpha value is -1.49. The number of amides is 1. The van der Waals surface area contributed by atoms with Crippen LogP contribution in [0.1, 0.15) is 27.2 Å². The van der Waals surface area contributed by atoms with Crippen molar-refractivity contribution >= 4 is 23.4 Å². The van der Waals surface area contributed by atoms with Crippen molar-refractivity contribution in [2.75, 3.05) is 18.0 Å². The Morgan fingerprint density at radius 2 is 2.30 bits per heavy atom. The standard InChI is InChI=1S/C14H20ClN3O2/c1-14(2,3)20-13(19)17-10-5-7-18(9-10)11-4-6-16-12(15)8-11/h4,6,8,10H,5,7,9H2,1-3H3,(H,17,19). The zero-order valence-corrected chi connectivity index (χ0v) is 12.8. The van der Waals surface area contributed by atoms with Crippen LogP contribution in [0.5, 0.6) is 0 Å². The van der Waals surface area contributed by atoms with Crippen molar-refractivity contribution in [2.45, 2.75) is 38.8 Å². The Morgan fingerprint density at radius 1 is 1.55 bits per heavy atom. The summed E-state index contributed by atoms with van der Waals surface area (Å²) in [6, 6.07) is 3.84. The third-order valence-electron chi connectivity index (χ3n) is 2.98. The summed E-state index contributed by atoms with van der Waals surface area (Å²) in [7, 11) is 0. The average molecular weight is 298 g/mol. The van der Waals surface area contributed by atoms with Gasteiger partial charge in [0.25, 0.3) is 0 Å². The first kappa shape index (κ1) is 14.9. The lowest BCUT2D eigenvalue weighted by Gasteiger charge is -2.22. The number of hydrogen-bond acceptors (Lipinski definition) is 4. The van der Waals surface area contributed by atoms with Gasteiger partial charge in [0.05, 0.1) is 6.04 Å². The third kappa shape index (κ3) is 4.27. The second-order valence-corrected chi connectivity index (χ2v) is 6.30. The van der Waals surface area contributed by atoms with Crippen LogP contribution in [0.3, 0.4) is 0 Å². The molecule has 1 saturated heterocycles. The van der Waals surface area contributed by atoms with Crippen molar-refractivity contribution in [1.29, 1.82) is 0 Å². The van der Waals surface area contributed by atoms with Gasteiger partial charge in [-0.15, -0.1) is 0 Å². The predicted molar refractivity (Wildman–Crippen MR) is 79.2 cm³/mol. The van der Waals surface area contributed by atoms with Crippen molar-refractivity contribution in [3.05, 3.63) is 23.5 Å². The highest BCUT2D eigenvalue weighted by molar-refractivity contribution is 6.29. The van der Waals surface area contributed by atoms with Crippen LogP contribution in [0.25, 0.3) is 0 Å². The van der Waals surface area contributed by atoms with E-state index in [2.05, 4.69) is 15.2 Å². The maximum atomic E-state index is 11.7. The molecule has 1 unspecified atom stereocenters. The van der Waals surface area contributed by atoms with Crippen molar-refractivity contribution in [2.24, 2.45) is 0 Å². The van der Waals surface area contributed by atoms with E-state index in [0.29, 0.717) is 5.15 Å². The lowest BCUT2D eigenvalue weighted by molar-refractivity contribution is 0.0509. The summed E-state index contributed by atoms with van der Waals surface area (Å²) in [6.07, 6.45) is 2.21. The average Bonchev–Trinajstić information content (AvgIpc) is 2.74. The summed E-state index contributed by atoms with van der Waals surface area (Å²) in [4.78, 5) is 17.9. The van der Waals surface area contributed by atoms with Gasteiger partial charge < -0.3 is 15.0 Å². The van der Waals surface area contributed by atoms with E-state index in [1.54, 1.807) is 6.20 Å². The number of hydrogen-bond donors (Lipinski definition) is 1. The number of halogens is 1. The Balaban J connectivity index is 1.88. The topological polar surface area (TPSA) is 54.5 Å². The van der Waals surface area contributed by atoms with Gasteiger partial charge in [0.1, 0.15) is 10.8 Å². The van der Waals surface area contributed by atoms with E-state index in [-0.39, 0.29) is 12.1 Å². The van der Waals surface area contributed by atoms with E-state index in [1.165, 1.54) is 0 Å². The summed E-state index contributed by atoms with van der Waals surface area (Å²) in [6.45, 7) is 7.19. The number of nitrogens with zero attached hydrogens (tertiary/aromatic N) is 2. The fourth-order valence-corrected chi connectivity index (χ4v) is 2.34. The molecule has 1 fully saturated rings. The molecule has 6 heteroatoms. The molecule has 1 aromatic rings. The first-order valence-corrected chi connectivity index (χ1v) is 7.07. The summed E-state index contributed by atoms with van der Waals surface area (Å²) in [5.74, 6) is 0. The van der Waals surface area contributed by atoms with Gasteiger partial charge in [-0.1, -0.05) is 11.6 Å². The SMILES string of the molecule is CC(C)(C)OC(=O)NC1CCN(c2ccnc(Cl)c2)C1. The number of aromatic nitrogens is 1. The molecule has 5 nitrogen and oxygen atoms in total. The van der Waals surface area contributed by atoms with Crippen LogP contribution in [-0.2, 0) is 4.74 Å². The summed E-state index contributed by atoms with van der Waals surface area (Å²) < 4.78 is 5.26. The zero-order chi connectivity index (χ0) is 14.8. The zero-order valence-electron chi connectivity index (χ0n) is 12.0. The van der Waals surface area contributed by atoms with Crippen LogP contribution in [-0.4, -0.2) is 35.8 Å². The molecule has 2 heterocycles. The minimum absolute atomic E-state index is 0.0943.